The molecule has 0 aromatic heterocycles. The summed E-state index contributed by atoms with van der Waals surface area (Å²) in [5, 5.41) is 12.3. The van der Waals surface area contributed by atoms with Crippen LogP contribution >= 0.6 is 0 Å². The summed E-state index contributed by atoms with van der Waals surface area (Å²) in [4.78, 5) is 0. The van der Waals surface area contributed by atoms with Crippen LogP contribution in [0.1, 0.15) is 12.8 Å². The van der Waals surface area contributed by atoms with E-state index in [1.807, 2.05) is 0 Å². The zero-order valence-corrected chi connectivity index (χ0v) is 9.00. The molecule has 6 heteroatoms. The molecule has 0 amide bonds. The van der Waals surface area contributed by atoms with Gasteiger partial charge < -0.3 is 10.4 Å². The third kappa shape index (κ3) is 1.67. The first-order valence-corrected chi connectivity index (χ1v) is 6.39. The van der Waals surface area contributed by atoms with E-state index in [1.54, 1.807) is 7.05 Å². The maximum atomic E-state index is 11.8. The second-order valence-corrected chi connectivity index (χ2v) is 6.33. The van der Waals surface area contributed by atoms with Gasteiger partial charge >= 0.3 is 0 Å². The molecule has 0 bridgehead atoms. The molecule has 1 saturated carbocycles. The zero-order valence-electron chi connectivity index (χ0n) is 8.18. The fourth-order valence-electron chi connectivity index (χ4n) is 1.81. The molecule has 1 aliphatic carbocycles. The molecule has 0 aromatic carbocycles. The Morgan fingerprint density at radius 1 is 1.36 bits per heavy atom. The van der Waals surface area contributed by atoms with Crippen molar-refractivity contribution in [1.82, 2.24) is 9.62 Å². The van der Waals surface area contributed by atoms with Gasteiger partial charge in [-0.15, -0.1) is 0 Å². The minimum Gasteiger partial charge on any atom is -0.390 e. The summed E-state index contributed by atoms with van der Waals surface area (Å²) in [5.41, 5.74) is 0. The van der Waals surface area contributed by atoms with Crippen LogP contribution in [0, 0.1) is 0 Å². The number of β-amino-alcohol motifs (C(OH)–C–C–N with tert-alkyl or cyclic N) is 1. The molecule has 0 aromatic rings. The Morgan fingerprint density at radius 3 is 2.43 bits per heavy atom. The van der Waals surface area contributed by atoms with Gasteiger partial charge in [-0.25, -0.2) is 8.42 Å². The van der Waals surface area contributed by atoms with E-state index in [2.05, 4.69) is 5.32 Å². The molecule has 1 heterocycles. The molecule has 1 saturated heterocycles. The number of hydrogen-bond donors (Lipinski definition) is 2. The molecule has 0 radical (unpaired) electrons. The summed E-state index contributed by atoms with van der Waals surface area (Å²) >= 11 is 0. The highest BCUT2D eigenvalue weighted by molar-refractivity contribution is 7.90. The number of aliphatic hydroxyl groups excluding tert-OH is 1. The molecule has 2 aliphatic rings. The molecule has 2 atom stereocenters. The lowest BCUT2D eigenvalue weighted by atomic mass is 10.2. The van der Waals surface area contributed by atoms with Gasteiger partial charge in [0.05, 0.1) is 17.4 Å². The average Bonchev–Trinajstić information content (AvgIpc) is 2.89. The summed E-state index contributed by atoms with van der Waals surface area (Å²) in [6, 6.07) is -0.291. The van der Waals surface area contributed by atoms with Crippen LogP contribution < -0.4 is 5.32 Å². The Bertz CT molecular complexity index is 313. The first-order chi connectivity index (χ1) is 6.53. The smallest absolute Gasteiger partial charge is 0.217 e. The lowest BCUT2D eigenvalue weighted by Crippen LogP contribution is -2.45. The Morgan fingerprint density at radius 2 is 2.00 bits per heavy atom. The predicted octanol–water partition coefficient (Wildman–Crippen LogP) is -1.26. The second-order valence-electron chi connectivity index (χ2n) is 4.05. The minimum absolute atomic E-state index is 0.194. The van der Waals surface area contributed by atoms with E-state index in [1.165, 1.54) is 4.31 Å². The van der Waals surface area contributed by atoms with Crippen molar-refractivity contribution in [3.05, 3.63) is 0 Å². The maximum Gasteiger partial charge on any atom is 0.217 e. The molecular weight excluding hydrogens is 204 g/mol. The van der Waals surface area contributed by atoms with E-state index in [4.69, 9.17) is 0 Å². The molecule has 14 heavy (non-hydrogen) atoms. The highest BCUT2D eigenvalue weighted by Gasteiger charge is 2.43. The quantitative estimate of drug-likeness (QED) is 0.623. The van der Waals surface area contributed by atoms with Crippen LogP contribution in [0.4, 0.5) is 0 Å². The fraction of sp³-hybridized carbons (Fsp3) is 1.00. The van der Waals surface area contributed by atoms with E-state index >= 15 is 0 Å². The van der Waals surface area contributed by atoms with Gasteiger partial charge in [-0.3, -0.25) is 0 Å². The fourth-order valence-corrected chi connectivity index (χ4v) is 3.61. The van der Waals surface area contributed by atoms with Gasteiger partial charge in [0.2, 0.25) is 10.0 Å². The van der Waals surface area contributed by atoms with Crippen molar-refractivity contribution >= 4 is 10.0 Å². The monoisotopic (exact) mass is 220 g/mol. The summed E-state index contributed by atoms with van der Waals surface area (Å²) < 4.78 is 25.0. The Kier molecular flexibility index (Phi) is 2.55. The van der Waals surface area contributed by atoms with Gasteiger partial charge in [-0.05, 0) is 12.8 Å². The topological polar surface area (TPSA) is 69.6 Å². The summed E-state index contributed by atoms with van der Waals surface area (Å²) in [5.74, 6) is 0. The molecule has 2 fully saturated rings. The normalized spacial score (nSPS) is 33.9. The molecular formula is C8H16N2O3S. The van der Waals surface area contributed by atoms with Gasteiger partial charge in [-0.2, -0.15) is 4.31 Å². The standard InChI is InChI=1S/C8H16N2O3S/c1-10(7-4-9-5-8(7)11)14(12,13)6-2-3-6/h6-9,11H,2-5H2,1H3/t7-,8-/m1/s1. The number of hydrogen-bond acceptors (Lipinski definition) is 4. The summed E-state index contributed by atoms with van der Waals surface area (Å²) in [7, 11) is -1.58. The van der Waals surface area contributed by atoms with Crippen molar-refractivity contribution in [2.24, 2.45) is 0 Å². The van der Waals surface area contributed by atoms with Crippen LogP contribution in [-0.4, -0.2) is 55.4 Å². The van der Waals surface area contributed by atoms with Crippen molar-refractivity contribution < 1.29 is 13.5 Å². The van der Waals surface area contributed by atoms with Crippen molar-refractivity contribution in [3.63, 3.8) is 0 Å². The molecule has 0 spiro atoms. The second kappa shape index (κ2) is 3.44. The number of nitrogens with one attached hydrogen (secondary N) is 1. The van der Waals surface area contributed by atoms with E-state index in [9.17, 15) is 13.5 Å². The van der Waals surface area contributed by atoms with Crippen LogP contribution in [0.15, 0.2) is 0 Å². The Labute approximate surface area is 84.1 Å². The SMILES string of the molecule is CN([C@@H]1CNC[C@H]1O)S(=O)(=O)C1CC1. The van der Waals surface area contributed by atoms with Crippen molar-refractivity contribution in [2.45, 2.75) is 30.2 Å². The number of rotatable bonds is 3. The van der Waals surface area contributed by atoms with E-state index in [0.717, 1.165) is 12.8 Å². The van der Waals surface area contributed by atoms with Crippen molar-refractivity contribution in [2.75, 3.05) is 20.1 Å². The number of nitrogens with zero attached hydrogens (tertiary/aromatic N) is 1. The van der Waals surface area contributed by atoms with Crippen LogP contribution in [0.3, 0.4) is 0 Å². The molecule has 5 nitrogen and oxygen atoms in total. The van der Waals surface area contributed by atoms with Crippen LogP contribution in [-0.2, 0) is 10.0 Å². The van der Waals surface area contributed by atoms with E-state index < -0.39 is 16.1 Å². The maximum absolute atomic E-state index is 11.8. The van der Waals surface area contributed by atoms with E-state index in [0.29, 0.717) is 13.1 Å². The summed E-state index contributed by atoms with van der Waals surface area (Å²) in [6.45, 7) is 1.03. The number of likely N-dealkylation sites (N-methyl/N-ethyl adjacent to an activating group) is 1. The number of sulfonamides is 1. The van der Waals surface area contributed by atoms with Crippen LogP contribution in [0.5, 0.6) is 0 Å². The highest BCUT2D eigenvalue weighted by atomic mass is 32.2. The lowest BCUT2D eigenvalue weighted by Gasteiger charge is -2.25. The molecule has 82 valence electrons. The first kappa shape index (κ1) is 10.4. The largest absolute Gasteiger partial charge is 0.390 e. The van der Waals surface area contributed by atoms with Crippen LogP contribution in [0.25, 0.3) is 0 Å². The zero-order chi connectivity index (χ0) is 10.3. The van der Waals surface area contributed by atoms with Crippen LogP contribution in [0.2, 0.25) is 0 Å². The third-order valence-corrected chi connectivity index (χ3v) is 5.35. The highest BCUT2D eigenvalue weighted by Crippen LogP contribution is 2.31. The number of aliphatic hydroxyl groups is 1. The lowest BCUT2D eigenvalue weighted by molar-refractivity contribution is 0.136. The van der Waals surface area contributed by atoms with Gasteiger partial charge in [0.1, 0.15) is 0 Å². The molecule has 1 aliphatic heterocycles. The molecule has 0 unspecified atom stereocenters. The first-order valence-electron chi connectivity index (χ1n) is 4.89. The van der Waals surface area contributed by atoms with Crippen molar-refractivity contribution in [3.8, 4) is 0 Å². The Hall–Kier alpha value is -0.170. The van der Waals surface area contributed by atoms with Gasteiger partial charge in [0.15, 0.2) is 0 Å². The third-order valence-electron chi connectivity index (χ3n) is 2.97. The molecule has 2 rings (SSSR count). The average molecular weight is 220 g/mol. The van der Waals surface area contributed by atoms with Crippen molar-refractivity contribution in [1.29, 1.82) is 0 Å². The minimum atomic E-state index is -3.15. The summed E-state index contributed by atoms with van der Waals surface area (Å²) in [6.07, 6.45) is 0.958. The van der Waals surface area contributed by atoms with Gasteiger partial charge in [0.25, 0.3) is 0 Å². The van der Waals surface area contributed by atoms with Gasteiger partial charge in [-0.1, -0.05) is 0 Å². The molecule has 2 N–H and O–H groups in total. The van der Waals surface area contributed by atoms with E-state index in [-0.39, 0.29) is 11.3 Å². The Balaban J connectivity index is 2.10. The van der Waals surface area contributed by atoms with Gasteiger partial charge in [0, 0.05) is 20.1 Å². The predicted molar refractivity (Wildman–Crippen MR) is 52.4 cm³/mol.